The Hall–Kier alpha value is -6.69. The number of hydrogen-bond donors (Lipinski definition) is 4. The minimum atomic E-state index is -0.781. The molecule has 4 amide bonds. The predicted octanol–water partition coefficient (Wildman–Crippen LogP) is 7.32. The van der Waals surface area contributed by atoms with Gasteiger partial charge in [0.15, 0.2) is 0 Å². The van der Waals surface area contributed by atoms with Gasteiger partial charge in [0, 0.05) is 12.1 Å². The van der Waals surface area contributed by atoms with E-state index in [2.05, 4.69) is 79.0 Å². The number of aromatic nitrogens is 4. The number of benzene rings is 3. The maximum Gasteiger partial charge on any atom is 0.407 e. The number of alkyl carbamates (subject to hydrolysis) is 2. The molecule has 5 aromatic rings. The van der Waals surface area contributed by atoms with Gasteiger partial charge in [0.05, 0.1) is 56.5 Å². The Morgan fingerprint density at radius 3 is 1.78 bits per heavy atom. The second-order valence-electron chi connectivity index (χ2n) is 16.2. The Labute approximate surface area is 349 Å². The van der Waals surface area contributed by atoms with Gasteiger partial charge < -0.3 is 39.9 Å². The van der Waals surface area contributed by atoms with Crippen LogP contribution in [0.1, 0.15) is 70.7 Å². The number of hydrogen-bond acceptors (Lipinski definition) is 8. The Morgan fingerprint density at radius 2 is 1.22 bits per heavy atom. The molecule has 4 N–H and O–H groups in total. The number of nitrogens with zero attached hydrogens (tertiary/aromatic N) is 5. The minimum absolute atomic E-state index is 0.111. The summed E-state index contributed by atoms with van der Waals surface area (Å²) in [4.78, 5) is 75.1. The van der Waals surface area contributed by atoms with Crippen molar-refractivity contribution in [2.75, 3.05) is 27.3 Å². The van der Waals surface area contributed by atoms with Crippen molar-refractivity contribution in [3.8, 4) is 40.2 Å². The van der Waals surface area contributed by atoms with E-state index in [1.54, 1.807) is 11.1 Å². The summed E-state index contributed by atoms with van der Waals surface area (Å²) in [5.74, 6) is 0.665. The third-order valence-corrected chi connectivity index (χ3v) is 11.6. The molecule has 0 unspecified atom stereocenters. The van der Waals surface area contributed by atoms with Crippen LogP contribution in [0.25, 0.3) is 49.3 Å². The van der Waals surface area contributed by atoms with Gasteiger partial charge in [-0.05, 0) is 64.3 Å². The van der Waals surface area contributed by atoms with E-state index in [1.807, 2.05) is 50.9 Å². The number of likely N-dealkylation sites (tertiary alicyclic amines) is 2. The van der Waals surface area contributed by atoms with Crippen molar-refractivity contribution in [2.24, 2.45) is 11.8 Å². The summed E-state index contributed by atoms with van der Waals surface area (Å²) in [5.41, 5.74) is 5.71. The van der Waals surface area contributed by atoms with Gasteiger partial charge >= 0.3 is 12.2 Å². The number of fused-ring (bicyclic) bond motifs is 1. The van der Waals surface area contributed by atoms with E-state index in [0.29, 0.717) is 25.3 Å². The van der Waals surface area contributed by atoms with Gasteiger partial charge in [-0.15, -0.1) is 0 Å². The standard InChI is InChI=1S/C45H51N9O6/c1-25(2)38(51-44(57)59-6)42(55)53-18-8-9-36(53)40-47-23-35(50-40)32-17-16-30-19-29(14-15-31(30)20-32)27-10-12-28(13-11-27)34-22-48-41(49-34)37-21-33(46-5)24-54(37)43(56)39(26(3)4)52-45(58)60-7/h5,10-17,19-20,22-23,25-26,33,36-39H,8-9,18,21,24H2,1-4,6-7H3,(H3-,47,48,49,50,51,52,57,58)/p+1/t33-,36-,37-,38-,39-/m0/s1. The first-order valence-corrected chi connectivity index (χ1v) is 20.3. The molecule has 0 aliphatic carbocycles. The first-order valence-electron chi connectivity index (χ1n) is 20.3. The van der Waals surface area contributed by atoms with Crippen LogP contribution in [0, 0.1) is 18.4 Å². The van der Waals surface area contributed by atoms with Crippen LogP contribution in [0.2, 0.25) is 0 Å². The van der Waals surface area contributed by atoms with Gasteiger partial charge in [-0.1, -0.05) is 81.1 Å². The molecule has 7 rings (SSSR count). The molecule has 0 radical (unpaired) electrons. The molecule has 2 aromatic heterocycles. The Kier molecular flexibility index (Phi) is 12.2. The maximum absolute atomic E-state index is 13.7. The summed E-state index contributed by atoms with van der Waals surface area (Å²) in [6.07, 6.45) is 4.40. The number of H-pyrrole nitrogens is 2. The molecule has 2 saturated heterocycles. The topological polar surface area (TPSA) is 179 Å². The molecule has 3 aromatic carbocycles. The molecule has 0 bridgehead atoms. The van der Waals surface area contributed by atoms with Crippen LogP contribution in [0.4, 0.5) is 9.59 Å². The van der Waals surface area contributed by atoms with E-state index in [0.717, 1.165) is 63.1 Å². The monoisotopic (exact) mass is 814 g/mol. The summed E-state index contributed by atoms with van der Waals surface area (Å²) in [7, 11) is 2.56. The second-order valence-corrected chi connectivity index (χ2v) is 16.2. The molecule has 2 fully saturated rings. The van der Waals surface area contributed by atoms with Crippen molar-refractivity contribution < 1.29 is 28.7 Å². The molecule has 2 aliphatic heterocycles. The van der Waals surface area contributed by atoms with E-state index < -0.39 is 30.3 Å². The van der Waals surface area contributed by atoms with Crippen molar-refractivity contribution in [2.45, 2.75) is 77.2 Å². The van der Waals surface area contributed by atoms with Crippen molar-refractivity contribution in [3.63, 3.8) is 0 Å². The van der Waals surface area contributed by atoms with Gasteiger partial charge in [-0.25, -0.2) is 19.6 Å². The Bertz CT molecular complexity index is 2410. The third-order valence-electron chi connectivity index (χ3n) is 11.6. The number of rotatable bonds is 11. The highest BCUT2D eigenvalue weighted by atomic mass is 16.5. The minimum Gasteiger partial charge on any atom is -0.453 e. The molecule has 312 valence electrons. The zero-order valence-electron chi connectivity index (χ0n) is 34.8. The van der Waals surface area contributed by atoms with Crippen molar-refractivity contribution in [1.29, 1.82) is 0 Å². The zero-order chi connectivity index (χ0) is 42.7. The van der Waals surface area contributed by atoms with E-state index in [1.165, 1.54) is 14.2 Å². The SMILES string of the molecule is C#[N+][C@H]1C[C@@H](c2ncc(-c3ccc(-c4ccc5cc(-c6cnc([C@@H]7CCCN7C(=O)[C@@H](NC(=O)OC)C(C)C)[nH]6)ccc5c4)cc3)[nH]2)N(C(=O)[C@@H](NC(=O)OC)C(C)C)C1. The van der Waals surface area contributed by atoms with Crippen molar-refractivity contribution in [1.82, 2.24) is 40.4 Å². The number of imidazole rings is 2. The van der Waals surface area contributed by atoms with Crippen LogP contribution in [0.3, 0.4) is 0 Å². The fourth-order valence-corrected chi connectivity index (χ4v) is 8.24. The summed E-state index contributed by atoms with van der Waals surface area (Å²) in [6.45, 7) is 14.1. The quantitative estimate of drug-likeness (QED) is 0.107. The largest absolute Gasteiger partial charge is 0.453 e. The third kappa shape index (κ3) is 8.54. The number of nitrogens with one attached hydrogen (secondary N) is 4. The summed E-state index contributed by atoms with van der Waals surface area (Å²) < 4.78 is 9.53. The zero-order valence-corrected chi connectivity index (χ0v) is 34.8. The molecule has 0 spiro atoms. The second kappa shape index (κ2) is 17.7. The van der Waals surface area contributed by atoms with Gasteiger partial charge in [-0.3, -0.25) is 9.59 Å². The lowest BCUT2D eigenvalue weighted by Gasteiger charge is -2.30. The van der Waals surface area contributed by atoms with E-state index in [4.69, 9.17) is 21.0 Å². The summed E-state index contributed by atoms with van der Waals surface area (Å²) in [6, 6.07) is 18.5. The van der Waals surface area contributed by atoms with Crippen LogP contribution in [0.15, 0.2) is 73.1 Å². The smallest absolute Gasteiger partial charge is 0.407 e. The average molecular weight is 815 g/mol. The number of methoxy groups -OCH3 is 2. The Balaban J connectivity index is 1.04. The summed E-state index contributed by atoms with van der Waals surface area (Å²) in [5, 5.41) is 7.53. The molecule has 15 nitrogen and oxygen atoms in total. The van der Waals surface area contributed by atoms with Crippen LogP contribution in [-0.2, 0) is 19.1 Å². The maximum atomic E-state index is 13.7. The lowest BCUT2D eigenvalue weighted by Crippen LogP contribution is -2.51. The van der Waals surface area contributed by atoms with Crippen molar-refractivity contribution >= 4 is 34.8 Å². The van der Waals surface area contributed by atoms with E-state index in [9.17, 15) is 19.2 Å². The first-order chi connectivity index (χ1) is 28.9. The lowest BCUT2D eigenvalue weighted by molar-refractivity contribution is -0.136. The van der Waals surface area contributed by atoms with Gasteiger partial charge in [0.2, 0.25) is 11.8 Å². The number of aromatic amines is 2. The summed E-state index contributed by atoms with van der Waals surface area (Å²) >= 11 is 0. The van der Waals surface area contributed by atoms with Gasteiger partial charge in [0.25, 0.3) is 12.6 Å². The van der Waals surface area contributed by atoms with E-state index >= 15 is 0 Å². The molecule has 5 atom stereocenters. The number of amides is 4. The number of ether oxygens (including phenoxy) is 2. The van der Waals surface area contributed by atoms with Gasteiger partial charge in [-0.2, -0.15) is 0 Å². The molecule has 60 heavy (non-hydrogen) atoms. The number of carbonyl (C=O) groups is 4. The van der Waals surface area contributed by atoms with Gasteiger partial charge in [0.1, 0.15) is 30.3 Å². The molecule has 0 saturated carbocycles. The highest BCUT2D eigenvalue weighted by Gasteiger charge is 2.45. The molecule has 2 aliphatic rings. The molecular weight excluding hydrogens is 763 g/mol. The normalized spacial score (nSPS) is 18.7. The van der Waals surface area contributed by atoms with Crippen LogP contribution < -0.4 is 10.6 Å². The fourth-order valence-electron chi connectivity index (χ4n) is 8.24. The predicted molar refractivity (Wildman–Crippen MR) is 228 cm³/mol. The molecule has 4 heterocycles. The highest BCUT2D eigenvalue weighted by Crippen LogP contribution is 2.36. The number of carbonyl (C=O) groups excluding carboxylic acids is 4. The van der Waals surface area contributed by atoms with Crippen LogP contribution in [0.5, 0.6) is 0 Å². The van der Waals surface area contributed by atoms with Crippen LogP contribution >= 0.6 is 0 Å². The van der Waals surface area contributed by atoms with Crippen LogP contribution in [-0.4, -0.2) is 99.2 Å². The first kappa shape index (κ1) is 41.5. The fraction of sp³-hybridized carbons (Fsp3) is 0.400. The average Bonchev–Trinajstić information content (AvgIpc) is 4.10. The molecular formula is C45H52N9O6+. The van der Waals surface area contributed by atoms with E-state index in [-0.39, 0.29) is 35.7 Å². The Morgan fingerprint density at radius 1 is 0.717 bits per heavy atom. The lowest BCUT2D eigenvalue weighted by atomic mass is 9.98. The van der Waals surface area contributed by atoms with Crippen molar-refractivity contribution in [3.05, 3.63) is 89.6 Å². The molecule has 15 heteroatoms. The highest BCUT2D eigenvalue weighted by molar-refractivity contribution is 5.91.